The van der Waals surface area contributed by atoms with E-state index in [1.807, 2.05) is 39.8 Å². The number of hydrogen-bond donors (Lipinski definition) is 0. The zero-order chi connectivity index (χ0) is 19.9. The van der Waals surface area contributed by atoms with E-state index in [2.05, 4.69) is 0 Å². The molecule has 1 aliphatic rings. The zero-order valence-corrected chi connectivity index (χ0v) is 17.6. The summed E-state index contributed by atoms with van der Waals surface area (Å²) >= 11 is 0. The van der Waals surface area contributed by atoms with Crippen molar-refractivity contribution in [3.8, 4) is 0 Å². The van der Waals surface area contributed by atoms with E-state index in [0.29, 0.717) is 25.9 Å². The van der Waals surface area contributed by atoms with Gasteiger partial charge >= 0.3 is 20.0 Å². The SMILES string of the molecule is COC(=O)[C@H](CC(C)C)N1CC=CCN([C@@H](CC(C)C)C(=O)OC)[P+]1=O. The molecule has 8 heteroatoms. The summed E-state index contributed by atoms with van der Waals surface area (Å²) in [6.07, 6.45) is 4.82. The number of hydrogen-bond acceptors (Lipinski definition) is 5. The fourth-order valence-electron chi connectivity index (χ4n) is 2.99. The summed E-state index contributed by atoms with van der Waals surface area (Å²) < 4.78 is 26.5. The lowest BCUT2D eigenvalue weighted by atomic mass is 10.0. The van der Waals surface area contributed by atoms with Crippen molar-refractivity contribution >= 4 is 20.0 Å². The molecular weight excluding hydrogens is 355 g/mol. The molecule has 7 nitrogen and oxygen atoms in total. The van der Waals surface area contributed by atoms with Crippen LogP contribution in [0.25, 0.3) is 0 Å². The second-order valence-corrected chi connectivity index (χ2v) is 8.84. The van der Waals surface area contributed by atoms with E-state index in [1.54, 1.807) is 9.34 Å². The number of esters is 2. The summed E-state index contributed by atoms with van der Waals surface area (Å²) in [5.74, 6) is -0.350. The van der Waals surface area contributed by atoms with Crippen LogP contribution in [0.1, 0.15) is 40.5 Å². The van der Waals surface area contributed by atoms with E-state index in [4.69, 9.17) is 9.47 Å². The van der Waals surface area contributed by atoms with Gasteiger partial charge in [0.05, 0.1) is 27.3 Å². The Morgan fingerprint density at radius 1 is 0.885 bits per heavy atom. The molecule has 1 heterocycles. The van der Waals surface area contributed by atoms with Gasteiger partial charge in [-0.05, 0) is 29.2 Å². The average Bonchev–Trinajstić information content (AvgIpc) is 2.77. The lowest BCUT2D eigenvalue weighted by molar-refractivity contribution is -0.145. The monoisotopic (exact) mass is 387 g/mol. The van der Waals surface area contributed by atoms with Crippen LogP contribution < -0.4 is 0 Å². The van der Waals surface area contributed by atoms with E-state index in [-0.39, 0.29) is 11.8 Å². The quantitative estimate of drug-likeness (QED) is 0.360. The Morgan fingerprint density at radius 2 is 1.23 bits per heavy atom. The first kappa shape index (κ1) is 22.7. The molecule has 148 valence electrons. The first-order chi connectivity index (χ1) is 12.2. The van der Waals surface area contributed by atoms with Gasteiger partial charge in [0, 0.05) is 0 Å². The molecule has 1 aliphatic heterocycles. The number of carbonyl (C=O) groups is 2. The van der Waals surface area contributed by atoms with Gasteiger partial charge in [-0.3, -0.25) is 9.59 Å². The van der Waals surface area contributed by atoms with E-state index >= 15 is 0 Å². The minimum Gasteiger partial charge on any atom is -0.468 e. The molecule has 26 heavy (non-hydrogen) atoms. The van der Waals surface area contributed by atoms with E-state index in [0.717, 1.165) is 0 Å². The third-order valence-corrected chi connectivity index (χ3v) is 6.01. The first-order valence-corrected chi connectivity index (χ1v) is 10.2. The van der Waals surface area contributed by atoms with Gasteiger partial charge in [0.25, 0.3) is 0 Å². The lowest BCUT2D eigenvalue weighted by Gasteiger charge is -2.25. The number of carbonyl (C=O) groups excluding carboxylic acids is 2. The molecule has 0 radical (unpaired) electrons. The topological polar surface area (TPSA) is 76.2 Å². The van der Waals surface area contributed by atoms with Crippen LogP contribution in [0.2, 0.25) is 0 Å². The fourth-order valence-corrected chi connectivity index (χ4v) is 4.61. The number of methoxy groups -OCH3 is 2. The minimum absolute atomic E-state index is 0.232. The molecule has 0 aromatic rings. The highest BCUT2D eigenvalue weighted by molar-refractivity contribution is 7.39. The Balaban J connectivity index is 3.18. The van der Waals surface area contributed by atoms with Crippen molar-refractivity contribution in [1.29, 1.82) is 0 Å². The van der Waals surface area contributed by atoms with Gasteiger partial charge in [-0.2, -0.15) is 0 Å². The minimum atomic E-state index is -2.11. The van der Waals surface area contributed by atoms with Gasteiger partial charge in [0.1, 0.15) is 0 Å². The lowest BCUT2D eigenvalue weighted by Crippen LogP contribution is -2.44. The van der Waals surface area contributed by atoms with Crippen molar-refractivity contribution in [3.63, 3.8) is 0 Å². The largest absolute Gasteiger partial charge is 0.539 e. The molecular formula is C18H32N2O5P+. The molecule has 0 aromatic heterocycles. The maximum absolute atomic E-state index is 13.4. The summed E-state index contributed by atoms with van der Waals surface area (Å²) in [5, 5.41) is 0. The molecule has 0 spiro atoms. The van der Waals surface area contributed by atoms with Gasteiger partial charge in [-0.25, -0.2) is 0 Å². The predicted molar refractivity (Wildman–Crippen MR) is 101 cm³/mol. The highest BCUT2D eigenvalue weighted by atomic mass is 31.1. The first-order valence-electron chi connectivity index (χ1n) is 9.03. The van der Waals surface area contributed by atoms with Crippen LogP contribution in [-0.4, -0.2) is 60.7 Å². The van der Waals surface area contributed by atoms with Gasteiger partial charge in [-0.15, -0.1) is 0 Å². The number of nitrogens with zero attached hydrogens (tertiary/aromatic N) is 2. The second kappa shape index (κ2) is 10.8. The molecule has 0 aliphatic carbocycles. The molecule has 0 aromatic carbocycles. The Kier molecular flexibility index (Phi) is 9.41. The third-order valence-electron chi connectivity index (χ3n) is 4.25. The van der Waals surface area contributed by atoms with Crippen molar-refractivity contribution in [1.82, 2.24) is 9.34 Å². The second-order valence-electron chi connectivity index (χ2n) is 7.31. The summed E-state index contributed by atoms with van der Waals surface area (Å²) in [4.78, 5) is 24.6. The Labute approximate surface area is 157 Å². The van der Waals surface area contributed by atoms with Crippen LogP contribution in [0, 0.1) is 11.8 Å². The fraction of sp³-hybridized carbons (Fsp3) is 0.778. The summed E-state index contributed by atoms with van der Waals surface area (Å²) in [6.45, 7) is 8.76. The predicted octanol–water partition coefficient (Wildman–Crippen LogP) is 2.99. The van der Waals surface area contributed by atoms with Crippen molar-refractivity contribution in [2.75, 3.05) is 27.3 Å². The molecule has 1 rings (SSSR count). The molecule has 0 N–H and O–H groups in total. The van der Waals surface area contributed by atoms with Crippen LogP contribution in [0.3, 0.4) is 0 Å². The normalized spacial score (nSPS) is 18.7. The maximum atomic E-state index is 13.4. The van der Waals surface area contributed by atoms with Gasteiger partial charge in [0.2, 0.25) is 0 Å². The van der Waals surface area contributed by atoms with Crippen molar-refractivity contribution < 1.29 is 23.6 Å². The number of rotatable bonds is 8. The van der Waals surface area contributed by atoms with Crippen molar-refractivity contribution in [3.05, 3.63) is 12.2 Å². The molecule has 0 bridgehead atoms. The average molecular weight is 387 g/mol. The number of ether oxygens (including phenoxy) is 2. The summed E-state index contributed by atoms with van der Waals surface area (Å²) in [5.41, 5.74) is 0. The zero-order valence-electron chi connectivity index (χ0n) is 16.7. The molecule has 2 atom stereocenters. The summed E-state index contributed by atoms with van der Waals surface area (Å²) in [7, 11) is 0.566. The van der Waals surface area contributed by atoms with Crippen molar-refractivity contribution in [2.24, 2.45) is 11.8 Å². The van der Waals surface area contributed by atoms with E-state index in [1.165, 1.54) is 14.2 Å². The van der Waals surface area contributed by atoms with Crippen LogP contribution in [-0.2, 0) is 23.6 Å². The van der Waals surface area contributed by atoms with E-state index < -0.39 is 32.1 Å². The molecule has 0 saturated heterocycles. The smallest absolute Gasteiger partial charge is 0.468 e. The van der Waals surface area contributed by atoms with Crippen LogP contribution >= 0.6 is 8.10 Å². The maximum Gasteiger partial charge on any atom is 0.539 e. The van der Waals surface area contributed by atoms with Crippen LogP contribution in [0.4, 0.5) is 0 Å². The van der Waals surface area contributed by atoms with E-state index in [9.17, 15) is 14.2 Å². The molecule has 0 saturated carbocycles. The highest BCUT2D eigenvalue weighted by Crippen LogP contribution is 2.40. The summed E-state index contributed by atoms with van der Waals surface area (Å²) in [6, 6.07) is -1.24. The van der Waals surface area contributed by atoms with Gasteiger partial charge in [-0.1, -0.05) is 49.2 Å². The van der Waals surface area contributed by atoms with Crippen molar-refractivity contribution in [2.45, 2.75) is 52.6 Å². The van der Waals surface area contributed by atoms with Gasteiger partial charge in [0.15, 0.2) is 12.1 Å². The van der Waals surface area contributed by atoms with Gasteiger partial charge < -0.3 is 9.47 Å². The Hall–Kier alpha value is -1.30. The molecule has 0 fully saturated rings. The Morgan fingerprint density at radius 3 is 1.50 bits per heavy atom. The van der Waals surface area contributed by atoms with Crippen LogP contribution in [0.15, 0.2) is 12.2 Å². The Bertz CT molecular complexity index is 492. The molecule has 0 amide bonds. The third kappa shape index (κ3) is 6.15. The standard InChI is InChI=1S/C18H32N2O5P/c1-13(2)11-15(17(21)24-5)19-9-7-8-10-20(26(19)23)16(12-14(3)4)18(22)25-6/h7-8,13-16H,9-12H2,1-6H3/q+1/t15-,16-/m0/s1. The molecule has 0 unspecified atom stereocenters. The van der Waals surface area contributed by atoms with Crippen LogP contribution in [0.5, 0.6) is 0 Å². The highest BCUT2D eigenvalue weighted by Gasteiger charge is 2.49.